The first kappa shape index (κ1) is 16.5. The van der Waals surface area contributed by atoms with E-state index in [9.17, 15) is 4.79 Å². The van der Waals surface area contributed by atoms with E-state index < -0.39 is 0 Å². The van der Waals surface area contributed by atoms with Crippen molar-refractivity contribution in [2.24, 2.45) is 5.92 Å². The number of hydrogen-bond donors (Lipinski definition) is 2. The van der Waals surface area contributed by atoms with Crippen LogP contribution in [0.3, 0.4) is 0 Å². The second-order valence-electron chi connectivity index (χ2n) is 6.73. The molecule has 1 fully saturated rings. The van der Waals surface area contributed by atoms with Crippen molar-refractivity contribution in [1.29, 1.82) is 0 Å². The van der Waals surface area contributed by atoms with Crippen LogP contribution in [0.5, 0.6) is 5.75 Å². The van der Waals surface area contributed by atoms with Crippen LogP contribution in [-0.4, -0.2) is 37.6 Å². The number of H-pyrrole nitrogens is 1. The van der Waals surface area contributed by atoms with Crippen molar-refractivity contribution in [3.63, 3.8) is 0 Å². The van der Waals surface area contributed by atoms with Crippen molar-refractivity contribution < 1.29 is 9.53 Å². The molecule has 1 aromatic heterocycles. The van der Waals surface area contributed by atoms with Crippen molar-refractivity contribution >= 4 is 22.5 Å². The number of nitrogens with zero attached hydrogens (tertiary/aromatic N) is 1. The summed E-state index contributed by atoms with van der Waals surface area (Å²) in [4.78, 5) is 18.1. The monoisotopic (exact) mass is 349 g/mol. The Hall–Kier alpha value is -2.95. The van der Waals surface area contributed by atoms with E-state index >= 15 is 0 Å². The van der Waals surface area contributed by atoms with Gasteiger partial charge >= 0.3 is 0 Å². The molecule has 0 saturated carbocycles. The summed E-state index contributed by atoms with van der Waals surface area (Å²) in [5, 5.41) is 4.07. The summed E-state index contributed by atoms with van der Waals surface area (Å²) in [6.45, 7) is 2.59. The third kappa shape index (κ3) is 3.12. The normalized spacial score (nSPS) is 16.8. The maximum absolute atomic E-state index is 12.6. The summed E-state index contributed by atoms with van der Waals surface area (Å²) < 4.78 is 5.47. The molecular formula is C21H23N3O2. The Morgan fingerprint density at radius 1 is 1.23 bits per heavy atom. The molecule has 1 saturated heterocycles. The van der Waals surface area contributed by atoms with Crippen LogP contribution in [0.2, 0.25) is 0 Å². The molecule has 0 radical (unpaired) electrons. The van der Waals surface area contributed by atoms with Crippen LogP contribution in [0, 0.1) is 5.92 Å². The minimum absolute atomic E-state index is 0.0156. The average molecular weight is 349 g/mol. The summed E-state index contributed by atoms with van der Waals surface area (Å²) in [6.07, 6.45) is 2.85. The van der Waals surface area contributed by atoms with Crippen LogP contribution in [0.1, 0.15) is 16.8 Å². The Balaban J connectivity index is 1.38. The highest BCUT2D eigenvalue weighted by Gasteiger charge is 2.25. The van der Waals surface area contributed by atoms with E-state index in [0.29, 0.717) is 18.0 Å². The third-order valence-electron chi connectivity index (χ3n) is 5.10. The second-order valence-corrected chi connectivity index (χ2v) is 6.73. The first-order valence-corrected chi connectivity index (χ1v) is 8.98. The van der Waals surface area contributed by atoms with E-state index in [2.05, 4.69) is 21.3 Å². The quantitative estimate of drug-likeness (QED) is 0.742. The highest BCUT2D eigenvalue weighted by Crippen LogP contribution is 2.31. The molecule has 1 aliphatic rings. The van der Waals surface area contributed by atoms with Gasteiger partial charge in [-0.1, -0.05) is 30.3 Å². The number of nitrogens with one attached hydrogen (secondary N) is 2. The van der Waals surface area contributed by atoms with Gasteiger partial charge in [-0.3, -0.25) is 4.79 Å². The standard InChI is InChI=1S/C21H23N3O2/c1-26-20-9-5-4-8-19(20)24-11-10-15(14-24)12-23-21(25)17-13-22-18-7-3-2-6-16(17)18/h2-9,13,15,22H,10-12,14H2,1H3,(H,23,25). The predicted octanol–water partition coefficient (Wildman–Crippen LogP) is 3.43. The van der Waals surface area contributed by atoms with Crippen molar-refractivity contribution in [3.05, 3.63) is 60.3 Å². The predicted molar refractivity (Wildman–Crippen MR) is 104 cm³/mol. The van der Waals surface area contributed by atoms with Gasteiger partial charge < -0.3 is 19.9 Å². The summed E-state index contributed by atoms with van der Waals surface area (Å²) >= 11 is 0. The molecule has 26 heavy (non-hydrogen) atoms. The lowest BCUT2D eigenvalue weighted by Gasteiger charge is -2.21. The Kier molecular flexibility index (Phi) is 4.52. The molecule has 3 aromatic rings. The molecule has 1 unspecified atom stereocenters. The lowest BCUT2D eigenvalue weighted by molar-refractivity contribution is 0.0950. The fourth-order valence-corrected chi connectivity index (χ4v) is 3.70. The highest BCUT2D eigenvalue weighted by molar-refractivity contribution is 6.06. The fraction of sp³-hybridized carbons (Fsp3) is 0.286. The smallest absolute Gasteiger partial charge is 0.253 e. The number of aromatic nitrogens is 1. The molecule has 0 spiro atoms. The number of para-hydroxylation sites is 3. The molecule has 0 aliphatic carbocycles. The zero-order valence-electron chi connectivity index (χ0n) is 14.9. The molecule has 4 rings (SSSR count). The second kappa shape index (κ2) is 7.12. The number of hydrogen-bond acceptors (Lipinski definition) is 3. The third-order valence-corrected chi connectivity index (χ3v) is 5.10. The summed E-state index contributed by atoms with van der Waals surface area (Å²) in [5.74, 6) is 1.32. The van der Waals surface area contributed by atoms with Gasteiger partial charge in [0.15, 0.2) is 0 Å². The molecule has 2 aromatic carbocycles. The van der Waals surface area contributed by atoms with Crippen LogP contribution in [0.4, 0.5) is 5.69 Å². The average Bonchev–Trinajstić information content (AvgIpc) is 3.33. The Labute approximate surface area is 153 Å². The van der Waals surface area contributed by atoms with Crippen molar-refractivity contribution in [3.8, 4) is 5.75 Å². The van der Waals surface area contributed by atoms with E-state index in [1.165, 1.54) is 0 Å². The molecular weight excluding hydrogens is 326 g/mol. The molecule has 134 valence electrons. The van der Waals surface area contributed by atoms with E-state index in [4.69, 9.17) is 4.74 Å². The summed E-state index contributed by atoms with van der Waals surface area (Å²) in [5.41, 5.74) is 2.82. The highest BCUT2D eigenvalue weighted by atomic mass is 16.5. The number of methoxy groups -OCH3 is 1. The van der Waals surface area contributed by atoms with Gasteiger partial charge in [-0.15, -0.1) is 0 Å². The van der Waals surface area contributed by atoms with Gasteiger partial charge in [0.25, 0.3) is 5.91 Å². The molecule has 0 bridgehead atoms. The molecule has 1 atom stereocenters. The molecule has 5 nitrogen and oxygen atoms in total. The zero-order valence-corrected chi connectivity index (χ0v) is 14.9. The number of amides is 1. The molecule has 2 heterocycles. The largest absolute Gasteiger partial charge is 0.495 e. The maximum Gasteiger partial charge on any atom is 0.253 e. The Morgan fingerprint density at radius 3 is 2.92 bits per heavy atom. The maximum atomic E-state index is 12.6. The first-order valence-electron chi connectivity index (χ1n) is 8.98. The van der Waals surface area contributed by atoms with Crippen molar-refractivity contribution in [2.45, 2.75) is 6.42 Å². The number of ether oxygens (including phenoxy) is 1. The van der Waals surface area contributed by atoms with E-state index in [1.54, 1.807) is 13.3 Å². The van der Waals surface area contributed by atoms with Crippen molar-refractivity contribution in [2.75, 3.05) is 31.6 Å². The van der Waals surface area contributed by atoms with E-state index in [-0.39, 0.29) is 5.91 Å². The summed E-state index contributed by atoms with van der Waals surface area (Å²) in [6, 6.07) is 16.0. The Bertz CT molecular complexity index is 918. The lowest BCUT2D eigenvalue weighted by atomic mass is 10.1. The van der Waals surface area contributed by atoms with E-state index in [0.717, 1.165) is 41.9 Å². The fourth-order valence-electron chi connectivity index (χ4n) is 3.70. The van der Waals surface area contributed by atoms with Gasteiger partial charge in [0.2, 0.25) is 0 Å². The number of fused-ring (bicyclic) bond motifs is 1. The van der Waals surface area contributed by atoms with Crippen LogP contribution in [0.15, 0.2) is 54.7 Å². The van der Waals surface area contributed by atoms with Gasteiger partial charge in [-0.2, -0.15) is 0 Å². The molecule has 2 N–H and O–H groups in total. The minimum Gasteiger partial charge on any atom is -0.495 e. The summed E-state index contributed by atoms with van der Waals surface area (Å²) in [7, 11) is 1.70. The number of carbonyl (C=O) groups excluding carboxylic acids is 1. The van der Waals surface area contributed by atoms with Crippen LogP contribution in [0.25, 0.3) is 10.9 Å². The number of rotatable bonds is 5. The molecule has 1 aliphatic heterocycles. The van der Waals surface area contributed by atoms with Crippen LogP contribution in [-0.2, 0) is 0 Å². The lowest BCUT2D eigenvalue weighted by Crippen LogP contribution is -2.31. The Morgan fingerprint density at radius 2 is 2.04 bits per heavy atom. The van der Waals surface area contributed by atoms with Gasteiger partial charge in [0.1, 0.15) is 5.75 Å². The molecule has 5 heteroatoms. The van der Waals surface area contributed by atoms with Gasteiger partial charge in [0, 0.05) is 36.7 Å². The SMILES string of the molecule is COc1ccccc1N1CCC(CNC(=O)c2c[nH]c3ccccc23)C1. The number of benzene rings is 2. The van der Waals surface area contributed by atoms with Gasteiger partial charge in [-0.05, 0) is 30.5 Å². The zero-order chi connectivity index (χ0) is 17.9. The first-order chi connectivity index (χ1) is 12.8. The molecule has 1 amide bonds. The number of anilines is 1. The topological polar surface area (TPSA) is 57.4 Å². The van der Waals surface area contributed by atoms with Gasteiger partial charge in [-0.25, -0.2) is 0 Å². The van der Waals surface area contributed by atoms with Gasteiger partial charge in [0.05, 0.1) is 18.4 Å². The number of aromatic amines is 1. The van der Waals surface area contributed by atoms with E-state index in [1.807, 2.05) is 42.5 Å². The number of carbonyl (C=O) groups is 1. The van der Waals surface area contributed by atoms with Crippen LogP contribution >= 0.6 is 0 Å². The van der Waals surface area contributed by atoms with Crippen LogP contribution < -0.4 is 15.0 Å². The van der Waals surface area contributed by atoms with Crippen molar-refractivity contribution in [1.82, 2.24) is 10.3 Å². The minimum atomic E-state index is -0.0156.